The number of nitrogens with zero attached hydrogens (tertiary/aromatic N) is 2. The van der Waals surface area contributed by atoms with Crippen molar-refractivity contribution < 1.29 is 4.79 Å². The first-order chi connectivity index (χ1) is 9.72. The van der Waals surface area contributed by atoms with E-state index in [0.29, 0.717) is 16.6 Å². The standard InChI is InChI=1S/C15H19N3OS/c1-2-3-9-18(10-6-7-10)15(19)13-12(16)11-5-4-8-17-14(11)20-13/h4-5,8,10H,2-3,6-7,9,16H2,1H3. The number of hydrogen-bond acceptors (Lipinski definition) is 4. The minimum Gasteiger partial charge on any atom is -0.397 e. The average Bonchev–Trinajstić information content (AvgIpc) is 3.24. The number of carbonyl (C=O) groups excluding carboxylic acids is 1. The van der Waals surface area contributed by atoms with Gasteiger partial charge in [0.1, 0.15) is 9.71 Å². The van der Waals surface area contributed by atoms with Crippen LogP contribution in [-0.2, 0) is 0 Å². The molecule has 0 aromatic carbocycles. The lowest BCUT2D eigenvalue weighted by Crippen LogP contribution is -2.33. The minimum atomic E-state index is 0.0847. The second-order valence-electron chi connectivity index (χ2n) is 5.28. The summed E-state index contributed by atoms with van der Waals surface area (Å²) in [5.41, 5.74) is 6.74. The number of thiophene rings is 1. The Hall–Kier alpha value is -1.62. The highest BCUT2D eigenvalue weighted by Crippen LogP contribution is 2.35. The van der Waals surface area contributed by atoms with Gasteiger partial charge in [-0.1, -0.05) is 13.3 Å². The predicted molar refractivity (Wildman–Crippen MR) is 83.0 cm³/mol. The molecule has 2 aromatic heterocycles. The lowest BCUT2D eigenvalue weighted by Gasteiger charge is -2.21. The molecule has 1 fully saturated rings. The third-order valence-corrected chi connectivity index (χ3v) is 4.82. The van der Waals surface area contributed by atoms with Crippen molar-refractivity contribution in [1.82, 2.24) is 9.88 Å². The summed E-state index contributed by atoms with van der Waals surface area (Å²) in [6, 6.07) is 4.21. The number of carbonyl (C=O) groups is 1. The third kappa shape index (κ3) is 2.38. The fraction of sp³-hybridized carbons (Fsp3) is 0.467. The van der Waals surface area contributed by atoms with Crippen molar-refractivity contribution in [2.24, 2.45) is 0 Å². The van der Waals surface area contributed by atoms with E-state index in [2.05, 4.69) is 11.9 Å². The van der Waals surface area contributed by atoms with E-state index in [1.54, 1.807) is 6.20 Å². The second kappa shape index (κ2) is 5.40. The molecule has 0 radical (unpaired) electrons. The lowest BCUT2D eigenvalue weighted by molar-refractivity contribution is 0.0746. The molecule has 1 saturated carbocycles. The summed E-state index contributed by atoms with van der Waals surface area (Å²) in [6.45, 7) is 2.98. The number of pyridine rings is 1. The molecule has 3 rings (SSSR count). The molecule has 4 nitrogen and oxygen atoms in total. The summed E-state index contributed by atoms with van der Waals surface area (Å²) in [4.78, 5) is 20.6. The molecule has 0 saturated heterocycles. The summed E-state index contributed by atoms with van der Waals surface area (Å²) < 4.78 is 0. The van der Waals surface area contributed by atoms with Crippen LogP contribution in [0.2, 0.25) is 0 Å². The van der Waals surface area contributed by atoms with Crippen LogP contribution in [-0.4, -0.2) is 28.4 Å². The van der Waals surface area contributed by atoms with Gasteiger partial charge in [-0.15, -0.1) is 11.3 Å². The quantitative estimate of drug-likeness (QED) is 0.919. The van der Waals surface area contributed by atoms with Crippen molar-refractivity contribution in [3.05, 3.63) is 23.2 Å². The number of aromatic nitrogens is 1. The molecule has 0 spiro atoms. The topological polar surface area (TPSA) is 59.2 Å². The first-order valence-electron chi connectivity index (χ1n) is 7.16. The maximum atomic E-state index is 12.8. The Labute approximate surface area is 122 Å². The molecule has 1 aliphatic rings. The fourth-order valence-electron chi connectivity index (χ4n) is 2.40. The highest BCUT2D eigenvalue weighted by molar-refractivity contribution is 7.21. The first kappa shape index (κ1) is 13.4. The van der Waals surface area contributed by atoms with Crippen LogP contribution >= 0.6 is 11.3 Å². The molecule has 2 aromatic rings. The van der Waals surface area contributed by atoms with Gasteiger partial charge in [0.05, 0.1) is 5.69 Å². The predicted octanol–water partition coefficient (Wildman–Crippen LogP) is 3.28. The summed E-state index contributed by atoms with van der Waals surface area (Å²) in [6.07, 6.45) is 6.13. The smallest absolute Gasteiger partial charge is 0.266 e. The van der Waals surface area contributed by atoms with Crippen molar-refractivity contribution in [2.45, 2.75) is 38.6 Å². The Bertz CT molecular complexity index is 633. The summed E-state index contributed by atoms with van der Waals surface area (Å²) in [7, 11) is 0. The van der Waals surface area contributed by atoms with Crippen LogP contribution in [0.1, 0.15) is 42.3 Å². The number of nitrogen functional groups attached to an aromatic ring is 1. The van der Waals surface area contributed by atoms with Gasteiger partial charge in [0.15, 0.2) is 0 Å². The first-order valence-corrected chi connectivity index (χ1v) is 7.98. The zero-order valence-electron chi connectivity index (χ0n) is 11.6. The summed E-state index contributed by atoms with van der Waals surface area (Å²) in [5.74, 6) is 0.0847. The fourth-order valence-corrected chi connectivity index (χ4v) is 3.42. The van der Waals surface area contributed by atoms with Crippen molar-refractivity contribution in [1.29, 1.82) is 0 Å². The van der Waals surface area contributed by atoms with E-state index in [0.717, 1.165) is 42.4 Å². The van der Waals surface area contributed by atoms with Gasteiger partial charge in [-0.3, -0.25) is 4.79 Å². The Balaban J connectivity index is 1.92. The summed E-state index contributed by atoms with van der Waals surface area (Å²) in [5, 5.41) is 0.895. The number of nitrogens with two attached hydrogens (primary N) is 1. The van der Waals surface area contributed by atoms with E-state index in [1.807, 2.05) is 17.0 Å². The van der Waals surface area contributed by atoms with Crippen molar-refractivity contribution in [2.75, 3.05) is 12.3 Å². The summed E-state index contributed by atoms with van der Waals surface area (Å²) >= 11 is 1.41. The van der Waals surface area contributed by atoms with Crippen LogP contribution in [0.4, 0.5) is 5.69 Å². The number of amides is 1. The molecule has 20 heavy (non-hydrogen) atoms. The lowest BCUT2D eigenvalue weighted by atomic mass is 10.2. The molecule has 5 heteroatoms. The Morgan fingerprint density at radius 3 is 3.00 bits per heavy atom. The third-order valence-electron chi connectivity index (χ3n) is 3.70. The zero-order chi connectivity index (χ0) is 14.1. The van der Waals surface area contributed by atoms with E-state index in [-0.39, 0.29) is 5.91 Å². The Kier molecular flexibility index (Phi) is 3.61. The largest absolute Gasteiger partial charge is 0.397 e. The van der Waals surface area contributed by atoms with E-state index < -0.39 is 0 Å². The van der Waals surface area contributed by atoms with Crippen LogP contribution in [0.25, 0.3) is 10.2 Å². The number of hydrogen-bond donors (Lipinski definition) is 1. The average molecular weight is 289 g/mol. The van der Waals surface area contributed by atoms with Gasteiger partial charge in [-0.25, -0.2) is 4.98 Å². The van der Waals surface area contributed by atoms with E-state index in [1.165, 1.54) is 11.3 Å². The monoisotopic (exact) mass is 289 g/mol. The minimum absolute atomic E-state index is 0.0847. The van der Waals surface area contributed by atoms with Crippen LogP contribution in [0.3, 0.4) is 0 Å². The normalized spacial score (nSPS) is 14.7. The van der Waals surface area contributed by atoms with Gasteiger partial charge in [-0.2, -0.15) is 0 Å². The van der Waals surface area contributed by atoms with Crippen molar-refractivity contribution in [3.63, 3.8) is 0 Å². The van der Waals surface area contributed by atoms with Crippen molar-refractivity contribution >= 4 is 33.1 Å². The Morgan fingerprint density at radius 1 is 1.55 bits per heavy atom. The van der Waals surface area contributed by atoms with Gasteiger partial charge < -0.3 is 10.6 Å². The molecule has 2 heterocycles. The SMILES string of the molecule is CCCCN(C(=O)c1sc2ncccc2c1N)C1CC1. The van der Waals surface area contributed by atoms with Crippen LogP contribution in [0, 0.1) is 0 Å². The molecule has 0 bridgehead atoms. The molecule has 106 valence electrons. The highest BCUT2D eigenvalue weighted by atomic mass is 32.1. The zero-order valence-corrected chi connectivity index (χ0v) is 12.4. The molecular formula is C15H19N3OS. The highest BCUT2D eigenvalue weighted by Gasteiger charge is 2.34. The van der Waals surface area contributed by atoms with Gasteiger partial charge in [0.2, 0.25) is 0 Å². The van der Waals surface area contributed by atoms with E-state index >= 15 is 0 Å². The number of anilines is 1. The maximum absolute atomic E-state index is 12.8. The second-order valence-corrected chi connectivity index (χ2v) is 6.28. The van der Waals surface area contributed by atoms with Crippen LogP contribution in [0.15, 0.2) is 18.3 Å². The van der Waals surface area contributed by atoms with Gasteiger partial charge in [-0.05, 0) is 31.4 Å². The number of unbranched alkanes of at least 4 members (excludes halogenated alkanes) is 1. The number of fused-ring (bicyclic) bond motifs is 1. The Morgan fingerprint density at radius 2 is 2.35 bits per heavy atom. The molecule has 1 amide bonds. The van der Waals surface area contributed by atoms with Gasteiger partial charge >= 0.3 is 0 Å². The van der Waals surface area contributed by atoms with E-state index in [4.69, 9.17) is 5.73 Å². The van der Waals surface area contributed by atoms with Gasteiger partial charge in [0, 0.05) is 24.2 Å². The molecular weight excluding hydrogens is 270 g/mol. The maximum Gasteiger partial charge on any atom is 0.266 e. The van der Waals surface area contributed by atoms with Gasteiger partial charge in [0.25, 0.3) is 5.91 Å². The molecule has 0 atom stereocenters. The van der Waals surface area contributed by atoms with Crippen molar-refractivity contribution in [3.8, 4) is 0 Å². The molecule has 0 unspecified atom stereocenters. The van der Waals surface area contributed by atoms with Crippen LogP contribution in [0.5, 0.6) is 0 Å². The number of rotatable bonds is 5. The van der Waals surface area contributed by atoms with E-state index in [9.17, 15) is 4.79 Å². The van der Waals surface area contributed by atoms with Crippen LogP contribution < -0.4 is 5.73 Å². The molecule has 2 N–H and O–H groups in total. The molecule has 0 aliphatic heterocycles. The molecule has 1 aliphatic carbocycles.